The van der Waals surface area contributed by atoms with Crippen molar-refractivity contribution in [3.05, 3.63) is 0 Å². The molecule has 4 nitrogen and oxygen atoms in total. The highest BCUT2D eigenvalue weighted by atomic mass is 16.2. The van der Waals surface area contributed by atoms with Crippen LogP contribution in [0, 0.1) is 5.92 Å². The number of hydrogen-bond acceptors (Lipinski definition) is 2. The fourth-order valence-corrected chi connectivity index (χ4v) is 2.30. The molecule has 2 fully saturated rings. The lowest BCUT2D eigenvalue weighted by atomic mass is 9.94. The fourth-order valence-electron chi connectivity index (χ4n) is 2.30. The second-order valence-corrected chi connectivity index (χ2v) is 5.14. The fraction of sp³-hybridized carbons (Fsp3) is 0.818. The van der Waals surface area contributed by atoms with Crippen LogP contribution in [0.15, 0.2) is 0 Å². The second-order valence-electron chi connectivity index (χ2n) is 5.14. The van der Waals surface area contributed by atoms with Gasteiger partial charge in [0.05, 0.1) is 0 Å². The highest BCUT2D eigenvalue weighted by Crippen LogP contribution is 2.43. The Labute approximate surface area is 90.0 Å². The van der Waals surface area contributed by atoms with Crippen LogP contribution in [0.1, 0.15) is 33.6 Å². The Morgan fingerprint density at radius 2 is 1.93 bits per heavy atom. The summed E-state index contributed by atoms with van der Waals surface area (Å²) in [5, 5.41) is 2.66. The molecule has 2 aliphatic rings. The van der Waals surface area contributed by atoms with E-state index >= 15 is 0 Å². The zero-order chi connectivity index (χ0) is 11.2. The molecule has 0 aromatic rings. The summed E-state index contributed by atoms with van der Waals surface area (Å²) in [6, 6.07) is -0.371. The normalized spacial score (nSPS) is 27.9. The maximum Gasteiger partial charge on any atom is 0.245 e. The molecule has 15 heavy (non-hydrogen) atoms. The van der Waals surface area contributed by atoms with E-state index in [9.17, 15) is 9.59 Å². The van der Waals surface area contributed by atoms with Crippen LogP contribution in [0.3, 0.4) is 0 Å². The summed E-state index contributed by atoms with van der Waals surface area (Å²) >= 11 is 0. The van der Waals surface area contributed by atoms with Gasteiger partial charge in [0.2, 0.25) is 11.8 Å². The molecule has 1 aliphatic carbocycles. The minimum atomic E-state index is -0.371. The Kier molecular flexibility index (Phi) is 2.24. The van der Waals surface area contributed by atoms with Crippen molar-refractivity contribution < 1.29 is 9.59 Å². The van der Waals surface area contributed by atoms with E-state index in [0.717, 1.165) is 0 Å². The van der Waals surface area contributed by atoms with Crippen molar-refractivity contribution >= 4 is 11.8 Å². The molecule has 0 bridgehead atoms. The summed E-state index contributed by atoms with van der Waals surface area (Å²) in [5.74, 6) is 0.571. The van der Waals surface area contributed by atoms with Gasteiger partial charge in [-0.15, -0.1) is 0 Å². The molecule has 2 rings (SSSR count). The predicted molar refractivity (Wildman–Crippen MR) is 56.1 cm³/mol. The number of nitrogens with one attached hydrogen (secondary N) is 1. The third kappa shape index (κ3) is 1.73. The van der Waals surface area contributed by atoms with E-state index in [2.05, 4.69) is 19.2 Å². The molecule has 1 saturated carbocycles. The monoisotopic (exact) mass is 210 g/mol. The summed E-state index contributed by atoms with van der Waals surface area (Å²) in [7, 11) is 0. The first-order valence-electron chi connectivity index (χ1n) is 5.54. The minimum Gasteiger partial charge on any atom is -0.343 e. The van der Waals surface area contributed by atoms with E-state index in [1.54, 1.807) is 11.8 Å². The molecule has 1 aliphatic heterocycles. The molecular weight excluding hydrogens is 192 g/mol. The average molecular weight is 210 g/mol. The van der Waals surface area contributed by atoms with Crippen LogP contribution < -0.4 is 5.32 Å². The number of hydrogen-bond donors (Lipinski definition) is 1. The Bertz CT molecular complexity index is 308. The summed E-state index contributed by atoms with van der Waals surface area (Å²) in [4.78, 5) is 25.1. The first-order valence-corrected chi connectivity index (χ1v) is 5.54. The van der Waals surface area contributed by atoms with E-state index in [0.29, 0.717) is 5.92 Å². The molecule has 1 N–H and O–H groups in total. The maximum atomic E-state index is 12.0. The topological polar surface area (TPSA) is 49.4 Å². The van der Waals surface area contributed by atoms with Crippen LogP contribution >= 0.6 is 0 Å². The largest absolute Gasteiger partial charge is 0.343 e. The highest BCUT2D eigenvalue weighted by molar-refractivity contribution is 5.95. The molecule has 1 atom stereocenters. The third-order valence-electron chi connectivity index (χ3n) is 3.59. The summed E-state index contributed by atoms with van der Waals surface area (Å²) in [6.07, 6.45) is 2.35. The zero-order valence-corrected chi connectivity index (χ0v) is 9.54. The van der Waals surface area contributed by atoms with Crippen LogP contribution in [-0.2, 0) is 9.59 Å². The number of carbonyl (C=O) groups excluding carboxylic acids is 2. The van der Waals surface area contributed by atoms with Crippen molar-refractivity contribution in [3.8, 4) is 0 Å². The van der Waals surface area contributed by atoms with Crippen LogP contribution in [-0.4, -0.2) is 34.8 Å². The zero-order valence-electron chi connectivity index (χ0n) is 9.54. The Hall–Kier alpha value is -1.06. The molecule has 2 amide bonds. The first-order chi connectivity index (χ1) is 6.93. The predicted octanol–water partition coefficient (Wildman–Crippen LogP) is 0.522. The maximum absolute atomic E-state index is 12.0. The van der Waals surface area contributed by atoms with Gasteiger partial charge in [0, 0.05) is 5.54 Å². The van der Waals surface area contributed by atoms with Gasteiger partial charge in [0.25, 0.3) is 0 Å². The highest BCUT2D eigenvalue weighted by Gasteiger charge is 2.47. The Balaban J connectivity index is 2.18. The van der Waals surface area contributed by atoms with Crippen molar-refractivity contribution in [2.75, 3.05) is 6.54 Å². The van der Waals surface area contributed by atoms with Crippen LogP contribution in [0.4, 0.5) is 0 Å². The summed E-state index contributed by atoms with van der Waals surface area (Å²) in [6.45, 7) is 6.09. The molecule has 1 saturated heterocycles. The van der Waals surface area contributed by atoms with E-state index < -0.39 is 0 Å². The first kappa shape index (κ1) is 10.5. The van der Waals surface area contributed by atoms with Crippen molar-refractivity contribution in [1.82, 2.24) is 10.2 Å². The van der Waals surface area contributed by atoms with Gasteiger partial charge in [-0.05, 0) is 39.5 Å². The number of amides is 2. The molecular formula is C11H18N2O2. The van der Waals surface area contributed by atoms with Crippen LogP contribution in [0.5, 0.6) is 0 Å². The second kappa shape index (κ2) is 3.22. The smallest absolute Gasteiger partial charge is 0.245 e. The summed E-state index contributed by atoms with van der Waals surface area (Å²) < 4.78 is 0. The number of piperazine rings is 1. The van der Waals surface area contributed by atoms with Gasteiger partial charge in [0.1, 0.15) is 12.6 Å². The minimum absolute atomic E-state index is 0.0455. The van der Waals surface area contributed by atoms with E-state index in [4.69, 9.17) is 0 Å². The van der Waals surface area contributed by atoms with Crippen molar-refractivity contribution in [2.45, 2.75) is 45.2 Å². The van der Waals surface area contributed by atoms with Gasteiger partial charge >= 0.3 is 0 Å². The lowest BCUT2D eigenvalue weighted by Crippen LogP contribution is -2.63. The van der Waals surface area contributed by atoms with Crippen molar-refractivity contribution in [2.24, 2.45) is 5.92 Å². The standard InChI is InChI=1S/C11H18N2O2/c1-7-10(15)13(6-9(14)12-7)11(2,3)8-4-5-8/h7-8H,4-6H2,1-3H3,(H,12,14). The van der Waals surface area contributed by atoms with Gasteiger partial charge in [-0.25, -0.2) is 0 Å². The third-order valence-corrected chi connectivity index (χ3v) is 3.59. The Morgan fingerprint density at radius 3 is 2.47 bits per heavy atom. The van der Waals surface area contributed by atoms with Crippen molar-refractivity contribution in [3.63, 3.8) is 0 Å². The van der Waals surface area contributed by atoms with E-state index in [-0.39, 0.29) is 29.9 Å². The molecule has 0 spiro atoms. The number of nitrogens with zero attached hydrogens (tertiary/aromatic N) is 1. The molecule has 0 aromatic heterocycles. The molecule has 1 unspecified atom stereocenters. The van der Waals surface area contributed by atoms with Gasteiger partial charge in [0.15, 0.2) is 0 Å². The van der Waals surface area contributed by atoms with E-state index in [1.807, 2.05) is 0 Å². The molecule has 4 heteroatoms. The van der Waals surface area contributed by atoms with Gasteiger partial charge < -0.3 is 10.2 Å². The number of rotatable bonds is 2. The molecule has 84 valence electrons. The van der Waals surface area contributed by atoms with Crippen LogP contribution in [0.2, 0.25) is 0 Å². The van der Waals surface area contributed by atoms with E-state index in [1.165, 1.54) is 12.8 Å². The van der Waals surface area contributed by atoms with Gasteiger partial charge in [-0.1, -0.05) is 0 Å². The molecule has 0 aromatic carbocycles. The summed E-state index contributed by atoms with van der Waals surface area (Å²) in [5.41, 5.74) is -0.164. The quantitative estimate of drug-likeness (QED) is 0.722. The molecule has 1 heterocycles. The lowest BCUT2D eigenvalue weighted by molar-refractivity contribution is -0.150. The SMILES string of the molecule is CC1NC(=O)CN(C(C)(C)C2CC2)C1=O. The molecule has 0 radical (unpaired) electrons. The number of carbonyl (C=O) groups is 2. The van der Waals surface area contributed by atoms with Crippen molar-refractivity contribution in [1.29, 1.82) is 0 Å². The van der Waals surface area contributed by atoms with Crippen LogP contribution in [0.25, 0.3) is 0 Å². The Morgan fingerprint density at radius 1 is 1.33 bits per heavy atom. The lowest BCUT2D eigenvalue weighted by Gasteiger charge is -2.42. The van der Waals surface area contributed by atoms with Gasteiger partial charge in [-0.2, -0.15) is 0 Å². The average Bonchev–Trinajstić information content (AvgIpc) is 2.93. The van der Waals surface area contributed by atoms with Gasteiger partial charge in [-0.3, -0.25) is 9.59 Å².